The van der Waals surface area contributed by atoms with Crippen LogP contribution in [0.15, 0.2) is 0 Å². The van der Waals surface area contributed by atoms with E-state index >= 15 is 0 Å². The molecule has 1 N–H and O–H groups in total. The monoisotopic (exact) mass is 129 g/mol. The first kappa shape index (κ1) is 4.42. The third-order valence-corrected chi connectivity index (χ3v) is 1.11. The lowest BCUT2D eigenvalue weighted by Crippen LogP contribution is -1.83. The lowest BCUT2D eigenvalue weighted by Gasteiger charge is -1.78. The Morgan fingerprint density at radius 2 is 2.50 bits per heavy atom. The van der Waals surface area contributed by atoms with Gasteiger partial charge in [0.05, 0.1) is 6.26 Å². The SMILES string of the molecule is [2H]OSS(C)(=O)=O. The van der Waals surface area contributed by atoms with Crippen molar-refractivity contribution >= 4 is 19.9 Å². The van der Waals surface area contributed by atoms with Gasteiger partial charge in [0.15, 0.2) is 0 Å². The molecule has 0 aromatic carbocycles. The summed E-state index contributed by atoms with van der Waals surface area (Å²) in [5.41, 5.74) is 0. The summed E-state index contributed by atoms with van der Waals surface area (Å²) in [5, 5.41) is 0. The zero-order valence-electron chi connectivity index (χ0n) is 4.04. The summed E-state index contributed by atoms with van der Waals surface area (Å²) in [6.07, 6.45) is 0.964. The Hall–Kier alpha value is 0.260. The summed E-state index contributed by atoms with van der Waals surface area (Å²) in [7, 11) is -3.17. The molecule has 0 aromatic heterocycles. The van der Waals surface area contributed by atoms with Gasteiger partial charge in [-0.25, -0.2) is 8.42 Å². The molecule has 0 radical (unpaired) electrons. The third kappa shape index (κ3) is 4.26. The normalized spacial score (nSPS) is 13.8. The van der Waals surface area contributed by atoms with E-state index in [1.165, 1.54) is 0 Å². The Morgan fingerprint density at radius 3 is 2.50 bits per heavy atom. The highest BCUT2D eigenvalue weighted by Crippen LogP contribution is 1.99. The topological polar surface area (TPSA) is 54.4 Å². The van der Waals surface area contributed by atoms with Gasteiger partial charge in [-0.05, 0) is 0 Å². The lowest BCUT2D eigenvalue weighted by molar-refractivity contribution is 0.608. The van der Waals surface area contributed by atoms with Crippen LogP contribution in [-0.4, -0.2) is 19.2 Å². The molecule has 0 aliphatic carbocycles. The van der Waals surface area contributed by atoms with Crippen LogP contribution in [0.1, 0.15) is 0 Å². The Morgan fingerprint density at radius 1 is 2.00 bits per heavy atom. The molecule has 0 aliphatic rings. The standard InChI is InChI=1S/CH4O3S2/c1-6(3,4)5-2/h2H,1H3/i/hD. The highest BCUT2D eigenvalue weighted by Gasteiger charge is 1.94. The van der Waals surface area contributed by atoms with E-state index in [9.17, 15) is 8.42 Å². The largest absolute Gasteiger partial charge is 0.317 e. The molecule has 0 bridgehead atoms. The summed E-state index contributed by atoms with van der Waals surface area (Å²) in [6.45, 7) is 0. The first-order valence-corrected chi connectivity index (χ1v) is 4.22. The second-order valence-electron chi connectivity index (χ2n) is 0.772. The number of rotatable bonds is 2. The molecule has 0 saturated carbocycles. The second-order valence-corrected chi connectivity index (χ2v) is 4.54. The minimum Gasteiger partial charge on any atom is -0.317 e. The molecule has 0 rings (SSSR count). The number of hydrogen-bond donors (Lipinski definition) is 1. The van der Waals surface area contributed by atoms with E-state index in [4.69, 9.17) is 1.43 Å². The Bertz CT molecular complexity index is 126. The van der Waals surface area contributed by atoms with Gasteiger partial charge in [-0.3, -0.25) is 0 Å². The molecule has 0 unspecified atom stereocenters. The molecule has 0 saturated heterocycles. The smallest absolute Gasteiger partial charge is 0.230 e. The van der Waals surface area contributed by atoms with Gasteiger partial charge in [0.1, 0.15) is 11.1 Å². The maximum absolute atomic E-state index is 9.95. The van der Waals surface area contributed by atoms with Crippen LogP contribution >= 0.6 is 11.1 Å². The summed E-state index contributed by atoms with van der Waals surface area (Å²) >= 11 is 0.127. The fraction of sp³-hybridized carbons (Fsp3) is 1.00. The predicted molar refractivity (Wildman–Crippen MR) is 25.1 cm³/mol. The van der Waals surface area contributed by atoms with Crippen LogP contribution in [0.3, 0.4) is 0 Å². The van der Waals surface area contributed by atoms with Crippen LogP contribution in [0.2, 0.25) is 0 Å². The minimum absolute atomic E-state index is 0.127. The average molecular weight is 129 g/mol. The summed E-state index contributed by atoms with van der Waals surface area (Å²) < 4.78 is 29.3. The second kappa shape index (κ2) is 1.81. The van der Waals surface area contributed by atoms with E-state index in [0.29, 0.717) is 0 Å². The van der Waals surface area contributed by atoms with Crippen molar-refractivity contribution in [1.82, 2.24) is 0 Å². The van der Waals surface area contributed by atoms with E-state index in [2.05, 4.69) is 4.56 Å². The van der Waals surface area contributed by atoms with E-state index in [0.717, 1.165) is 6.26 Å². The van der Waals surface area contributed by atoms with Crippen LogP contribution in [0.5, 0.6) is 0 Å². The van der Waals surface area contributed by atoms with Gasteiger partial charge in [-0.1, -0.05) is 0 Å². The molecule has 38 valence electrons. The first-order valence-electron chi connectivity index (χ1n) is 1.48. The highest BCUT2D eigenvalue weighted by molar-refractivity contribution is 8.69. The molecular formula is CH4O3S2. The maximum atomic E-state index is 9.95. The van der Waals surface area contributed by atoms with E-state index < -0.39 is 8.87 Å². The third-order valence-electron chi connectivity index (χ3n) is 0.124. The zero-order valence-corrected chi connectivity index (χ0v) is 4.67. The van der Waals surface area contributed by atoms with Crippen LogP contribution in [-0.2, 0) is 8.87 Å². The van der Waals surface area contributed by atoms with Gasteiger partial charge in [-0.15, -0.1) is 0 Å². The van der Waals surface area contributed by atoms with Crippen LogP contribution < -0.4 is 0 Å². The van der Waals surface area contributed by atoms with Crippen molar-refractivity contribution in [2.75, 3.05) is 6.26 Å². The quantitative estimate of drug-likeness (QED) is 0.426. The molecule has 6 heavy (non-hydrogen) atoms. The predicted octanol–water partition coefficient (Wildman–Crippen LogP) is 0.152. The van der Waals surface area contributed by atoms with E-state index in [1.54, 1.807) is 0 Å². The molecule has 0 aromatic rings. The fourth-order valence-corrected chi connectivity index (χ4v) is 0. The Labute approximate surface area is 41.4 Å². The Kier molecular flexibility index (Phi) is 1.33. The molecule has 0 heterocycles. The maximum Gasteiger partial charge on any atom is 0.230 e. The molecule has 0 aliphatic heterocycles. The van der Waals surface area contributed by atoms with Crippen molar-refractivity contribution in [1.29, 1.82) is 1.43 Å². The summed E-state index contributed by atoms with van der Waals surface area (Å²) in [5.74, 6) is 0. The first-order chi connectivity index (χ1) is 3.06. The van der Waals surface area contributed by atoms with Crippen molar-refractivity contribution in [3.63, 3.8) is 0 Å². The highest BCUT2D eigenvalue weighted by atomic mass is 33.1. The van der Waals surface area contributed by atoms with Gasteiger partial charge in [0.25, 0.3) is 0 Å². The van der Waals surface area contributed by atoms with E-state index in [-0.39, 0.29) is 11.1 Å². The van der Waals surface area contributed by atoms with Gasteiger partial charge in [-0.2, -0.15) is 0 Å². The molecule has 0 fully saturated rings. The average Bonchev–Trinajstić information content (AvgIpc) is 1.30. The van der Waals surface area contributed by atoms with Gasteiger partial charge in [0.2, 0.25) is 10.3 Å². The summed E-state index contributed by atoms with van der Waals surface area (Å²) in [6, 6.07) is 0. The molecule has 0 amide bonds. The van der Waals surface area contributed by atoms with Crippen molar-refractivity contribution in [3.8, 4) is 0 Å². The molecule has 3 nitrogen and oxygen atoms in total. The van der Waals surface area contributed by atoms with Crippen molar-refractivity contribution < 1.29 is 13.0 Å². The van der Waals surface area contributed by atoms with Gasteiger partial charge < -0.3 is 4.56 Å². The number of hydrogen-bond acceptors (Lipinski definition) is 4. The van der Waals surface area contributed by atoms with Gasteiger partial charge >= 0.3 is 0 Å². The van der Waals surface area contributed by atoms with Crippen LogP contribution in [0.25, 0.3) is 1.43 Å². The molecule has 0 atom stereocenters. The fourth-order valence-electron chi connectivity index (χ4n) is 0. The summed E-state index contributed by atoms with van der Waals surface area (Å²) in [4.78, 5) is 0. The molecule has 0 spiro atoms. The molecule has 5 heteroatoms. The van der Waals surface area contributed by atoms with Crippen LogP contribution in [0.4, 0.5) is 0 Å². The van der Waals surface area contributed by atoms with Crippen LogP contribution in [0, 0.1) is 0 Å². The van der Waals surface area contributed by atoms with Crippen molar-refractivity contribution in [2.45, 2.75) is 0 Å². The van der Waals surface area contributed by atoms with Gasteiger partial charge in [0, 0.05) is 0 Å². The zero-order chi connectivity index (χ0) is 5.91. The van der Waals surface area contributed by atoms with E-state index in [1.807, 2.05) is 0 Å². The minimum atomic E-state index is -3.17. The van der Waals surface area contributed by atoms with Crippen molar-refractivity contribution in [2.24, 2.45) is 0 Å². The lowest BCUT2D eigenvalue weighted by atomic mass is 12.0. The Balaban J connectivity index is 3.60. The van der Waals surface area contributed by atoms with Crippen molar-refractivity contribution in [3.05, 3.63) is 0 Å². The molecular weight excluding hydrogens is 124 g/mol.